The molecule has 2 N–H and O–H groups in total. The molecule has 0 bridgehead atoms. The van der Waals surface area contributed by atoms with Crippen molar-refractivity contribution in [3.63, 3.8) is 0 Å². The molecule has 1 aliphatic rings. The molecule has 4 rings (SSSR count). The van der Waals surface area contributed by atoms with Crippen molar-refractivity contribution in [1.82, 2.24) is 20.4 Å². The molecule has 0 radical (unpaired) electrons. The van der Waals surface area contributed by atoms with Gasteiger partial charge in [0, 0.05) is 40.0 Å². The molecule has 0 saturated carbocycles. The molecule has 0 aromatic heterocycles. The lowest BCUT2D eigenvalue weighted by molar-refractivity contribution is -0.149. The van der Waals surface area contributed by atoms with E-state index in [9.17, 15) is 14.4 Å². The standard InChI is InChI=1S/C33H42N4O4/c1-34-32(39)29(20-24-11-5-4-6-12-24)37(3)33(40)30(21-25-16-17-26-13-7-8-14-27(26)19-25)36(2)31(38)23-41-22-28-15-9-10-18-35-28/h4-8,11-14,16-17,19,28-30,35H,9-10,15,18,20-23H2,1-3H3,(H,34,39)/t28?,29-,30?/m1/s1. The first-order chi connectivity index (χ1) is 19.9. The normalized spacial score (nSPS) is 16.5. The minimum atomic E-state index is -0.812. The molecule has 0 spiro atoms. The van der Waals surface area contributed by atoms with E-state index in [1.54, 1.807) is 21.1 Å². The minimum Gasteiger partial charge on any atom is -0.370 e. The number of fused-ring (bicyclic) bond motifs is 1. The fraction of sp³-hybridized carbons (Fsp3) is 0.424. The van der Waals surface area contributed by atoms with E-state index in [2.05, 4.69) is 16.7 Å². The summed E-state index contributed by atoms with van der Waals surface area (Å²) >= 11 is 0. The molecule has 41 heavy (non-hydrogen) atoms. The first-order valence-electron chi connectivity index (χ1n) is 14.4. The molecule has 8 heteroatoms. The Labute approximate surface area is 243 Å². The number of hydrogen-bond acceptors (Lipinski definition) is 5. The second kappa shape index (κ2) is 14.8. The molecule has 3 atom stereocenters. The Morgan fingerprint density at radius 3 is 2.29 bits per heavy atom. The van der Waals surface area contributed by atoms with Crippen LogP contribution in [0.15, 0.2) is 72.8 Å². The molecule has 1 fully saturated rings. The maximum absolute atomic E-state index is 14.1. The lowest BCUT2D eigenvalue weighted by atomic mass is 9.98. The Balaban J connectivity index is 1.54. The number of amides is 3. The Kier molecular flexibility index (Phi) is 10.9. The van der Waals surface area contributed by atoms with Crippen molar-refractivity contribution in [2.45, 2.75) is 50.2 Å². The van der Waals surface area contributed by atoms with Crippen LogP contribution >= 0.6 is 0 Å². The average Bonchev–Trinajstić information content (AvgIpc) is 3.02. The van der Waals surface area contributed by atoms with Crippen molar-refractivity contribution >= 4 is 28.5 Å². The summed E-state index contributed by atoms with van der Waals surface area (Å²) in [4.78, 5) is 43.4. The first-order valence-corrected chi connectivity index (χ1v) is 14.4. The second-order valence-corrected chi connectivity index (χ2v) is 10.8. The number of rotatable bonds is 12. The quantitative estimate of drug-likeness (QED) is 0.356. The number of nitrogens with zero attached hydrogens (tertiary/aromatic N) is 2. The molecule has 1 saturated heterocycles. The largest absolute Gasteiger partial charge is 0.370 e. The number of carbonyl (C=O) groups excluding carboxylic acids is 3. The van der Waals surface area contributed by atoms with Crippen molar-refractivity contribution in [1.29, 1.82) is 0 Å². The predicted molar refractivity (Wildman–Crippen MR) is 161 cm³/mol. The zero-order valence-corrected chi connectivity index (χ0v) is 24.3. The number of carbonyl (C=O) groups is 3. The van der Waals surface area contributed by atoms with Crippen molar-refractivity contribution < 1.29 is 19.1 Å². The van der Waals surface area contributed by atoms with Gasteiger partial charge in [-0.25, -0.2) is 0 Å². The molecule has 1 heterocycles. The summed E-state index contributed by atoms with van der Waals surface area (Å²) in [5.41, 5.74) is 1.88. The van der Waals surface area contributed by atoms with Gasteiger partial charge in [-0.1, -0.05) is 79.2 Å². The molecular formula is C33H42N4O4. The van der Waals surface area contributed by atoms with Gasteiger partial charge in [0.25, 0.3) is 0 Å². The summed E-state index contributed by atoms with van der Waals surface area (Å²) in [5, 5.41) is 8.30. The Bertz CT molecular complexity index is 1310. The van der Waals surface area contributed by atoms with Gasteiger partial charge in [-0.05, 0) is 41.3 Å². The van der Waals surface area contributed by atoms with Crippen LogP contribution in [0.25, 0.3) is 10.8 Å². The number of likely N-dealkylation sites (N-methyl/N-ethyl adjacent to an activating group) is 3. The van der Waals surface area contributed by atoms with Crippen LogP contribution < -0.4 is 10.6 Å². The highest BCUT2D eigenvalue weighted by Crippen LogP contribution is 2.20. The van der Waals surface area contributed by atoms with Gasteiger partial charge in [-0.2, -0.15) is 0 Å². The molecule has 2 unspecified atom stereocenters. The Hall–Kier alpha value is -3.75. The topological polar surface area (TPSA) is 91.0 Å². The summed E-state index contributed by atoms with van der Waals surface area (Å²) in [6.07, 6.45) is 4.01. The van der Waals surface area contributed by atoms with Gasteiger partial charge < -0.3 is 25.2 Å². The predicted octanol–water partition coefficient (Wildman–Crippen LogP) is 3.18. The van der Waals surface area contributed by atoms with Crippen LogP contribution in [0.5, 0.6) is 0 Å². The molecular weight excluding hydrogens is 516 g/mol. The maximum Gasteiger partial charge on any atom is 0.249 e. The molecule has 3 amide bonds. The van der Waals surface area contributed by atoms with Gasteiger partial charge in [0.05, 0.1) is 6.61 Å². The average molecular weight is 559 g/mol. The Morgan fingerprint density at radius 1 is 0.878 bits per heavy atom. The maximum atomic E-state index is 14.1. The Morgan fingerprint density at radius 2 is 1.59 bits per heavy atom. The van der Waals surface area contributed by atoms with Gasteiger partial charge in [-0.3, -0.25) is 14.4 Å². The van der Waals surface area contributed by atoms with Crippen molar-refractivity contribution in [3.8, 4) is 0 Å². The van der Waals surface area contributed by atoms with Crippen LogP contribution in [-0.2, 0) is 32.0 Å². The number of nitrogens with one attached hydrogen (secondary N) is 2. The van der Waals surface area contributed by atoms with E-state index in [-0.39, 0.29) is 30.4 Å². The van der Waals surface area contributed by atoms with Gasteiger partial charge in [-0.15, -0.1) is 0 Å². The lowest BCUT2D eigenvalue weighted by Gasteiger charge is -2.34. The van der Waals surface area contributed by atoms with E-state index < -0.39 is 12.1 Å². The van der Waals surface area contributed by atoms with E-state index in [1.807, 2.05) is 66.7 Å². The zero-order valence-electron chi connectivity index (χ0n) is 24.3. The third-order valence-electron chi connectivity index (χ3n) is 7.98. The third-order valence-corrected chi connectivity index (χ3v) is 7.98. The van der Waals surface area contributed by atoms with E-state index >= 15 is 0 Å². The first kappa shape index (κ1) is 30.2. The monoisotopic (exact) mass is 558 g/mol. The highest BCUT2D eigenvalue weighted by atomic mass is 16.5. The fourth-order valence-corrected chi connectivity index (χ4v) is 5.41. The smallest absolute Gasteiger partial charge is 0.249 e. The summed E-state index contributed by atoms with van der Waals surface area (Å²) in [7, 11) is 4.86. The van der Waals surface area contributed by atoms with Gasteiger partial charge in [0.2, 0.25) is 17.7 Å². The zero-order chi connectivity index (χ0) is 29.2. The van der Waals surface area contributed by atoms with E-state index in [4.69, 9.17) is 4.74 Å². The molecule has 8 nitrogen and oxygen atoms in total. The van der Waals surface area contributed by atoms with Crippen LogP contribution in [0.3, 0.4) is 0 Å². The molecule has 1 aliphatic heterocycles. The van der Waals surface area contributed by atoms with Crippen LogP contribution in [0.1, 0.15) is 30.4 Å². The van der Waals surface area contributed by atoms with Crippen molar-refractivity contribution in [2.24, 2.45) is 0 Å². The van der Waals surface area contributed by atoms with Crippen LogP contribution in [0.2, 0.25) is 0 Å². The number of benzene rings is 3. The summed E-state index contributed by atoms with van der Waals surface area (Å²) < 4.78 is 5.79. The summed E-state index contributed by atoms with van der Waals surface area (Å²) in [6, 6.07) is 22.4. The van der Waals surface area contributed by atoms with E-state index in [0.29, 0.717) is 19.4 Å². The molecule has 3 aromatic carbocycles. The van der Waals surface area contributed by atoms with Crippen LogP contribution in [-0.4, -0.2) is 86.5 Å². The van der Waals surface area contributed by atoms with Gasteiger partial charge in [0.1, 0.15) is 18.7 Å². The van der Waals surface area contributed by atoms with Crippen LogP contribution in [0, 0.1) is 0 Å². The molecule has 0 aliphatic carbocycles. The van der Waals surface area contributed by atoms with E-state index in [0.717, 1.165) is 47.7 Å². The number of hydrogen-bond donors (Lipinski definition) is 2. The second-order valence-electron chi connectivity index (χ2n) is 10.8. The lowest BCUT2D eigenvalue weighted by Crippen LogP contribution is -2.56. The van der Waals surface area contributed by atoms with Crippen molar-refractivity contribution in [2.75, 3.05) is 40.9 Å². The SMILES string of the molecule is CNC(=O)[C@@H](Cc1ccccc1)N(C)C(=O)C(Cc1ccc2ccccc2c1)N(C)C(=O)COCC1CCCCN1. The number of ether oxygens (including phenoxy) is 1. The number of piperidine rings is 1. The van der Waals surface area contributed by atoms with Crippen LogP contribution in [0.4, 0.5) is 0 Å². The highest BCUT2D eigenvalue weighted by molar-refractivity contribution is 5.92. The van der Waals surface area contributed by atoms with Gasteiger partial charge in [0.15, 0.2) is 0 Å². The molecule has 3 aromatic rings. The van der Waals surface area contributed by atoms with Crippen molar-refractivity contribution in [3.05, 3.63) is 83.9 Å². The van der Waals surface area contributed by atoms with Gasteiger partial charge >= 0.3 is 0 Å². The third kappa shape index (κ3) is 8.15. The summed E-state index contributed by atoms with van der Waals surface area (Å²) in [5.74, 6) is -0.827. The fourth-order valence-electron chi connectivity index (χ4n) is 5.41. The highest BCUT2D eigenvalue weighted by Gasteiger charge is 2.35. The van der Waals surface area contributed by atoms with E-state index in [1.165, 1.54) is 9.80 Å². The minimum absolute atomic E-state index is 0.108. The molecule has 218 valence electrons. The summed E-state index contributed by atoms with van der Waals surface area (Å²) in [6.45, 7) is 1.31.